The fourth-order valence-corrected chi connectivity index (χ4v) is 2.80. The molecule has 0 bridgehead atoms. The molecule has 0 fully saturated rings. The van der Waals surface area contributed by atoms with Crippen LogP contribution in [0.2, 0.25) is 0 Å². The van der Waals surface area contributed by atoms with Gasteiger partial charge in [0.2, 0.25) is 0 Å². The van der Waals surface area contributed by atoms with E-state index in [1.165, 1.54) is 26.9 Å². The van der Waals surface area contributed by atoms with Crippen molar-refractivity contribution in [3.63, 3.8) is 0 Å². The van der Waals surface area contributed by atoms with Gasteiger partial charge in [-0.2, -0.15) is 4.37 Å². The lowest BCUT2D eigenvalue weighted by Crippen LogP contribution is -1.86. The zero-order chi connectivity index (χ0) is 9.42. The first-order chi connectivity index (χ1) is 6.22. The molecule has 1 aromatic heterocycles. The van der Waals surface area contributed by atoms with Gasteiger partial charge in [-0.1, -0.05) is 6.07 Å². The summed E-state index contributed by atoms with van der Waals surface area (Å²) in [7, 11) is 2.16. The molecule has 13 heavy (non-hydrogen) atoms. The average molecular weight is 189 g/mol. The van der Waals surface area contributed by atoms with E-state index in [0.717, 1.165) is 6.32 Å². The van der Waals surface area contributed by atoms with E-state index in [1.807, 2.05) is 0 Å². The molecular weight excluding hydrogens is 177 g/mol. The van der Waals surface area contributed by atoms with Crippen molar-refractivity contribution in [1.82, 2.24) is 4.37 Å². The number of aromatic nitrogens is 1. The molecular formula is C10H12BNS. The van der Waals surface area contributed by atoms with Gasteiger partial charge in [0.25, 0.3) is 0 Å². The molecule has 0 saturated heterocycles. The molecule has 0 aliphatic heterocycles. The predicted octanol–water partition coefficient (Wildman–Crippen LogP) is 2.05. The molecule has 1 nitrogen and oxygen atoms in total. The summed E-state index contributed by atoms with van der Waals surface area (Å²) in [6.07, 6.45) is 1.03. The SMILES string of the molecule is BCc1nsc2cc(C)cc(C)c12. The second-order valence-electron chi connectivity index (χ2n) is 3.44. The summed E-state index contributed by atoms with van der Waals surface area (Å²) >= 11 is 1.62. The molecule has 0 N–H and O–H groups in total. The van der Waals surface area contributed by atoms with E-state index in [-0.39, 0.29) is 0 Å². The zero-order valence-corrected chi connectivity index (χ0v) is 9.03. The van der Waals surface area contributed by atoms with Crippen molar-refractivity contribution >= 4 is 29.5 Å². The van der Waals surface area contributed by atoms with Gasteiger partial charge in [-0.3, -0.25) is 0 Å². The van der Waals surface area contributed by atoms with Crippen molar-refractivity contribution in [3.8, 4) is 0 Å². The highest BCUT2D eigenvalue weighted by Crippen LogP contribution is 2.27. The maximum atomic E-state index is 4.46. The molecule has 0 radical (unpaired) electrons. The molecule has 1 heterocycles. The van der Waals surface area contributed by atoms with Crippen molar-refractivity contribution in [3.05, 3.63) is 29.0 Å². The second kappa shape index (κ2) is 3.15. The van der Waals surface area contributed by atoms with Gasteiger partial charge < -0.3 is 0 Å². The normalized spacial score (nSPS) is 10.9. The first kappa shape index (κ1) is 8.76. The van der Waals surface area contributed by atoms with Gasteiger partial charge in [0.15, 0.2) is 0 Å². The average Bonchev–Trinajstić information content (AvgIpc) is 2.47. The summed E-state index contributed by atoms with van der Waals surface area (Å²) in [6, 6.07) is 4.45. The number of hydrogen-bond acceptors (Lipinski definition) is 2. The van der Waals surface area contributed by atoms with Crippen LogP contribution in [0.25, 0.3) is 10.1 Å². The summed E-state index contributed by atoms with van der Waals surface area (Å²) in [6.45, 7) is 4.31. The third kappa shape index (κ3) is 1.37. The van der Waals surface area contributed by atoms with Crippen LogP contribution in [-0.2, 0) is 6.32 Å². The molecule has 0 atom stereocenters. The third-order valence-electron chi connectivity index (χ3n) is 2.32. The molecule has 0 aliphatic carbocycles. The van der Waals surface area contributed by atoms with Gasteiger partial charge in [0, 0.05) is 5.39 Å². The maximum absolute atomic E-state index is 4.46. The predicted molar refractivity (Wildman–Crippen MR) is 61.3 cm³/mol. The molecule has 1 aromatic carbocycles. The largest absolute Gasteiger partial charge is 0.197 e. The van der Waals surface area contributed by atoms with Crippen LogP contribution in [0.4, 0.5) is 0 Å². The van der Waals surface area contributed by atoms with Crippen molar-refractivity contribution in [2.24, 2.45) is 0 Å². The van der Waals surface area contributed by atoms with Crippen molar-refractivity contribution in [2.45, 2.75) is 20.2 Å². The number of benzene rings is 1. The van der Waals surface area contributed by atoms with E-state index in [2.05, 4.69) is 38.2 Å². The second-order valence-corrected chi connectivity index (χ2v) is 4.24. The standard InChI is InChI=1S/C10H12BNS/c1-6-3-7(2)10-8(5-11)12-13-9(10)4-6/h3-4H,5,11H2,1-2H3. The Balaban J connectivity index is 2.82. The lowest BCUT2D eigenvalue weighted by molar-refractivity contribution is 1.30. The Kier molecular flexibility index (Phi) is 2.12. The fourth-order valence-electron chi connectivity index (χ4n) is 1.76. The van der Waals surface area contributed by atoms with Gasteiger partial charge >= 0.3 is 0 Å². The van der Waals surface area contributed by atoms with E-state index in [9.17, 15) is 0 Å². The van der Waals surface area contributed by atoms with Crippen LogP contribution in [-0.4, -0.2) is 12.2 Å². The Hall–Kier alpha value is -0.825. The molecule has 0 aliphatic rings. The van der Waals surface area contributed by atoms with Crippen LogP contribution in [0.1, 0.15) is 16.8 Å². The summed E-state index contributed by atoms with van der Waals surface area (Å²) in [5.41, 5.74) is 3.94. The van der Waals surface area contributed by atoms with Gasteiger partial charge in [-0.05, 0) is 48.9 Å². The number of hydrogen-bond donors (Lipinski definition) is 0. The van der Waals surface area contributed by atoms with Gasteiger partial charge in [-0.15, -0.1) is 0 Å². The Morgan fingerprint density at radius 2 is 2.15 bits per heavy atom. The van der Waals surface area contributed by atoms with Gasteiger partial charge in [-0.25, -0.2) is 0 Å². The quantitative estimate of drug-likeness (QED) is 0.625. The number of fused-ring (bicyclic) bond motifs is 1. The van der Waals surface area contributed by atoms with Crippen molar-refractivity contribution in [1.29, 1.82) is 0 Å². The van der Waals surface area contributed by atoms with Crippen LogP contribution in [0, 0.1) is 13.8 Å². The molecule has 3 heteroatoms. The van der Waals surface area contributed by atoms with Crippen molar-refractivity contribution in [2.75, 3.05) is 0 Å². The first-order valence-electron chi connectivity index (χ1n) is 4.58. The zero-order valence-electron chi connectivity index (χ0n) is 8.22. The van der Waals surface area contributed by atoms with E-state index in [4.69, 9.17) is 0 Å². The number of rotatable bonds is 1. The molecule has 0 spiro atoms. The van der Waals surface area contributed by atoms with Gasteiger partial charge in [0.05, 0.1) is 10.4 Å². The number of aryl methyl sites for hydroxylation is 2. The van der Waals surface area contributed by atoms with Crippen LogP contribution >= 0.6 is 11.5 Å². The van der Waals surface area contributed by atoms with Crippen LogP contribution in [0.15, 0.2) is 12.1 Å². The Labute approximate surface area is 83.4 Å². The smallest absolute Gasteiger partial charge is 0.109 e. The summed E-state index contributed by atoms with van der Waals surface area (Å²) in [4.78, 5) is 0. The van der Waals surface area contributed by atoms with E-state index < -0.39 is 0 Å². The first-order valence-corrected chi connectivity index (χ1v) is 5.35. The summed E-state index contributed by atoms with van der Waals surface area (Å²) in [5.74, 6) is 0. The molecule has 2 aromatic rings. The Bertz CT molecular complexity index is 447. The number of nitrogens with zero attached hydrogens (tertiary/aromatic N) is 1. The minimum atomic E-state index is 1.03. The highest BCUT2D eigenvalue weighted by molar-refractivity contribution is 7.13. The minimum Gasteiger partial charge on any atom is -0.197 e. The van der Waals surface area contributed by atoms with E-state index in [1.54, 1.807) is 11.5 Å². The highest BCUT2D eigenvalue weighted by atomic mass is 32.1. The Morgan fingerprint density at radius 1 is 1.38 bits per heavy atom. The maximum Gasteiger partial charge on any atom is 0.109 e. The third-order valence-corrected chi connectivity index (χ3v) is 3.15. The van der Waals surface area contributed by atoms with Crippen LogP contribution in [0.5, 0.6) is 0 Å². The van der Waals surface area contributed by atoms with Crippen LogP contribution in [0.3, 0.4) is 0 Å². The monoisotopic (exact) mass is 189 g/mol. The molecule has 0 saturated carbocycles. The molecule has 66 valence electrons. The summed E-state index contributed by atoms with van der Waals surface area (Å²) in [5, 5.41) is 1.37. The fraction of sp³-hybridized carbons (Fsp3) is 0.300. The lowest BCUT2D eigenvalue weighted by Gasteiger charge is -1.99. The highest BCUT2D eigenvalue weighted by Gasteiger charge is 2.06. The Morgan fingerprint density at radius 3 is 2.85 bits per heavy atom. The van der Waals surface area contributed by atoms with E-state index in [0.29, 0.717) is 0 Å². The lowest BCUT2D eigenvalue weighted by atomic mass is 9.97. The van der Waals surface area contributed by atoms with Crippen LogP contribution < -0.4 is 0 Å². The van der Waals surface area contributed by atoms with Gasteiger partial charge in [0.1, 0.15) is 7.85 Å². The molecule has 0 unspecified atom stereocenters. The minimum absolute atomic E-state index is 1.03. The molecule has 0 amide bonds. The summed E-state index contributed by atoms with van der Waals surface area (Å²) < 4.78 is 5.79. The molecule has 2 rings (SSSR count). The van der Waals surface area contributed by atoms with Crippen molar-refractivity contribution < 1.29 is 0 Å². The topological polar surface area (TPSA) is 12.9 Å². The van der Waals surface area contributed by atoms with E-state index >= 15 is 0 Å².